The average Bonchev–Trinajstić information content (AvgIpc) is 3.27. The second kappa shape index (κ2) is 11.7. The Morgan fingerprint density at radius 3 is 2.31 bits per heavy atom. The molecule has 0 aliphatic heterocycles. The molecule has 3 N–H and O–H groups in total. The van der Waals surface area contributed by atoms with Gasteiger partial charge >= 0.3 is 13.1 Å². The quantitative estimate of drug-likeness (QED) is 0.0973. The van der Waals surface area contributed by atoms with Crippen molar-refractivity contribution in [3.05, 3.63) is 64.5 Å². The monoisotopic (exact) mass is 495 g/mol. The van der Waals surface area contributed by atoms with Gasteiger partial charge < -0.3 is 29.7 Å². The van der Waals surface area contributed by atoms with Crippen LogP contribution in [0.15, 0.2) is 54.1 Å². The number of esters is 1. The highest BCUT2D eigenvalue weighted by molar-refractivity contribution is 7.18. The van der Waals surface area contributed by atoms with E-state index >= 15 is 0 Å². The molecule has 2 aromatic carbocycles. The van der Waals surface area contributed by atoms with E-state index in [-0.39, 0.29) is 22.5 Å². The highest BCUT2D eigenvalue weighted by Gasteiger charge is 2.28. The van der Waals surface area contributed by atoms with Gasteiger partial charge in [0.2, 0.25) is 5.78 Å². The first-order chi connectivity index (χ1) is 16.7. The number of nitrogens with zero attached hydrogens (tertiary/aromatic N) is 2. The topological polar surface area (TPSA) is 121 Å². The van der Waals surface area contributed by atoms with E-state index in [9.17, 15) is 19.6 Å². The first-order valence-corrected chi connectivity index (χ1v) is 11.5. The summed E-state index contributed by atoms with van der Waals surface area (Å²) in [4.78, 5) is 32.8. The summed E-state index contributed by atoms with van der Waals surface area (Å²) in [6.07, 6.45) is 1.42. The van der Waals surface area contributed by atoms with E-state index < -0.39 is 18.9 Å². The molecule has 0 radical (unpaired) electrons. The minimum atomic E-state index is -1.62. The molecule has 0 aliphatic rings. The summed E-state index contributed by atoms with van der Waals surface area (Å²) in [7, 11) is 3.49. The Balaban J connectivity index is 1.98. The maximum Gasteiger partial charge on any atom is 0.488 e. The van der Waals surface area contributed by atoms with Crippen molar-refractivity contribution in [3.8, 4) is 5.75 Å². The molecule has 0 unspecified atom stereocenters. The third-order valence-electron chi connectivity index (χ3n) is 4.87. The zero-order valence-electron chi connectivity index (χ0n) is 19.8. The van der Waals surface area contributed by atoms with E-state index in [1.165, 1.54) is 18.2 Å². The normalized spacial score (nSPS) is 11.1. The number of aromatic nitrogens is 1. The highest BCUT2D eigenvalue weighted by Crippen LogP contribution is 2.33. The summed E-state index contributed by atoms with van der Waals surface area (Å²) in [5.74, 6) is -0.166. The molecule has 1 aromatic heterocycles. The standard InChI is InChI=1S/C24H26BN3O6S/c1-5-34-23(30)19(14-15-6-8-16(9-7-15)25(31)32)20(29)21-22(28(2)3)27-24(35-21)26-17-10-12-18(33-4)13-11-17/h6-14,31-32H,5H2,1-4H3,(H,26,27)/b19-14-. The lowest BCUT2D eigenvalue weighted by molar-refractivity contribution is -0.137. The second-order valence-electron chi connectivity index (χ2n) is 7.57. The van der Waals surface area contributed by atoms with Crippen LogP contribution in [0.25, 0.3) is 6.08 Å². The Bertz CT molecular complexity index is 1210. The van der Waals surface area contributed by atoms with Crippen molar-refractivity contribution in [1.29, 1.82) is 0 Å². The van der Waals surface area contributed by atoms with Crippen LogP contribution in [-0.2, 0) is 9.53 Å². The molecule has 182 valence electrons. The van der Waals surface area contributed by atoms with E-state index in [1.54, 1.807) is 57.3 Å². The summed E-state index contributed by atoms with van der Waals surface area (Å²) >= 11 is 1.12. The van der Waals surface area contributed by atoms with Crippen molar-refractivity contribution >= 4 is 58.4 Å². The number of Topliss-reactive ketones (excluding diaryl/α,β-unsaturated/α-hetero) is 1. The molecule has 0 saturated heterocycles. The van der Waals surface area contributed by atoms with Gasteiger partial charge in [-0.3, -0.25) is 4.79 Å². The van der Waals surface area contributed by atoms with Gasteiger partial charge in [0.1, 0.15) is 16.2 Å². The Morgan fingerprint density at radius 2 is 1.77 bits per heavy atom. The van der Waals surface area contributed by atoms with Gasteiger partial charge in [0.15, 0.2) is 10.9 Å². The fraction of sp³-hybridized carbons (Fsp3) is 0.208. The van der Waals surface area contributed by atoms with E-state index in [0.717, 1.165) is 17.0 Å². The molecule has 3 aromatic rings. The minimum Gasteiger partial charge on any atom is -0.497 e. The molecule has 35 heavy (non-hydrogen) atoms. The number of nitrogens with one attached hydrogen (secondary N) is 1. The number of methoxy groups -OCH3 is 1. The Morgan fingerprint density at radius 1 is 1.11 bits per heavy atom. The molecule has 0 spiro atoms. The van der Waals surface area contributed by atoms with E-state index in [0.29, 0.717) is 22.3 Å². The van der Waals surface area contributed by atoms with Crippen molar-refractivity contribution in [3.63, 3.8) is 0 Å². The zero-order chi connectivity index (χ0) is 25.5. The first-order valence-electron chi connectivity index (χ1n) is 10.7. The third kappa shape index (κ3) is 6.47. The van der Waals surface area contributed by atoms with Gasteiger partial charge in [-0.05, 0) is 48.3 Å². The van der Waals surface area contributed by atoms with Crippen molar-refractivity contribution in [2.75, 3.05) is 38.0 Å². The number of carbonyl (C=O) groups excluding carboxylic acids is 2. The van der Waals surface area contributed by atoms with Crippen LogP contribution in [0.2, 0.25) is 0 Å². The lowest BCUT2D eigenvalue weighted by Crippen LogP contribution is -2.29. The molecule has 0 amide bonds. The molecule has 0 fully saturated rings. The van der Waals surface area contributed by atoms with Crippen molar-refractivity contribution in [1.82, 2.24) is 4.98 Å². The van der Waals surface area contributed by atoms with Crippen LogP contribution >= 0.6 is 11.3 Å². The molecule has 1 heterocycles. The largest absolute Gasteiger partial charge is 0.497 e. The van der Waals surface area contributed by atoms with E-state index in [2.05, 4.69) is 10.3 Å². The summed E-state index contributed by atoms with van der Waals surface area (Å²) in [6.45, 7) is 1.76. The first kappa shape index (κ1) is 25.9. The number of benzene rings is 2. The fourth-order valence-electron chi connectivity index (χ4n) is 3.09. The number of ketones is 1. The van der Waals surface area contributed by atoms with Gasteiger partial charge in [-0.25, -0.2) is 9.78 Å². The van der Waals surface area contributed by atoms with Gasteiger partial charge in [0, 0.05) is 19.8 Å². The fourth-order valence-corrected chi connectivity index (χ4v) is 4.11. The van der Waals surface area contributed by atoms with Crippen LogP contribution in [0.4, 0.5) is 16.6 Å². The molecule has 0 atom stereocenters. The van der Waals surface area contributed by atoms with Gasteiger partial charge in [-0.15, -0.1) is 0 Å². The summed E-state index contributed by atoms with van der Waals surface area (Å²) in [5.41, 5.74) is 1.42. The smallest absolute Gasteiger partial charge is 0.488 e. The van der Waals surface area contributed by atoms with Crippen LogP contribution in [0.3, 0.4) is 0 Å². The lowest BCUT2D eigenvalue weighted by Gasteiger charge is -2.11. The van der Waals surface area contributed by atoms with Gasteiger partial charge in [0.25, 0.3) is 0 Å². The predicted octanol–water partition coefficient (Wildman–Crippen LogP) is 2.47. The van der Waals surface area contributed by atoms with Gasteiger partial charge in [-0.2, -0.15) is 0 Å². The molecular formula is C24H26BN3O6S. The number of rotatable bonds is 10. The number of ether oxygens (including phenoxy) is 2. The highest BCUT2D eigenvalue weighted by atomic mass is 32.1. The number of hydrogen-bond acceptors (Lipinski definition) is 10. The van der Waals surface area contributed by atoms with E-state index in [1.807, 2.05) is 12.1 Å². The molecule has 0 aliphatic carbocycles. The van der Waals surface area contributed by atoms with Gasteiger partial charge in [-0.1, -0.05) is 35.6 Å². The number of thiazole rings is 1. The predicted molar refractivity (Wildman–Crippen MR) is 138 cm³/mol. The van der Waals surface area contributed by atoms with Crippen LogP contribution in [0.1, 0.15) is 22.2 Å². The molecular weight excluding hydrogens is 469 g/mol. The van der Waals surface area contributed by atoms with Crippen LogP contribution < -0.4 is 20.4 Å². The second-order valence-corrected chi connectivity index (χ2v) is 8.57. The zero-order valence-corrected chi connectivity index (χ0v) is 20.6. The summed E-state index contributed by atoms with van der Waals surface area (Å²) in [5, 5.41) is 22.2. The van der Waals surface area contributed by atoms with Crippen molar-refractivity contribution < 1.29 is 29.1 Å². The summed E-state index contributed by atoms with van der Waals surface area (Å²) in [6, 6.07) is 13.4. The van der Waals surface area contributed by atoms with Crippen LogP contribution in [0, 0.1) is 0 Å². The molecule has 0 saturated carbocycles. The number of hydrogen-bond donors (Lipinski definition) is 3. The van der Waals surface area contributed by atoms with Crippen molar-refractivity contribution in [2.24, 2.45) is 0 Å². The maximum atomic E-state index is 13.6. The van der Waals surface area contributed by atoms with Crippen LogP contribution in [-0.4, -0.2) is 61.7 Å². The average molecular weight is 495 g/mol. The molecule has 11 heteroatoms. The summed E-state index contributed by atoms with van der Waals surface area (Å²) < 4.78 is 10.3. The van der Waals surface area contributed by atoms with E-state index in [4.69, 9.17) is 9.47 Å². The molecule has 9 nitrogen and oxygen atoms in total. The molecule has 0 bridgehead atoms. The number of carbonyl (C=O) groups is 2. The Kier molecular flexibility index (Phi) is 8.64. The maximum absolute atomic E-state index is 13.6. The number of anilines is 3. The molecule has 3 rings (SSSR count). The Labute approximate surface area is 207 Å². The lowest BCUT2D eigenvalue weighted by atomic mass is 9.80. The SMILES string of the molecule is CCOC(=O)/C(=C\c1ccc(B(O)O)cc1)C(=O)c1sc(Nc2ccc(OC)cc2)nc1N(C)C. The van der Waals surface area contributed by atoms with Gasteiger partial charge in [0.05, 0.1) is 13.7 Å². The Hall–Kier alpha value is -3.67. The minimum absolute atomic E-state index is 0.104. The van der Waals surface area contributed by atoms with Crippen molar-refractivity contribution in [2.45, 2.75) is 6.92 Å². The van der Waals surface area contributed by atoms with Crippen LogP contribution in [0.5, 0.6) is 5.75 Å². The third-order valence-corrected chi connectivity index (χ3v) is 5.82.